The lowest BCUT2D eigenvalue weighted by Crippen LogP contribution is -2.33. The summed E-state index contributed by atoms with van der Waals surface area (Å²) < 4.78 is 33.3. The fourth-order valence-electron chi connectivity index (χ4n) is 2.58. The first-order valence-electron chi connectivity index (χ1n) is 8.83. The number of nitrogens with one attached hydrogen (secondary N) is 1. The van der Waals surface area contributed by atoms with Gasteiger partial charge in [0.2, 0.25) is 10.0 Å². The third-order valence-electron chi connectivity index (χ3n) is 4.39. The van der Waals surface area contributed by atoms with E-state index in [1.165, 1.54) is 35.6 Å². The lowest BCUT2D eigenvalue weighted by Gasteiger charge is -2.20. The summed E-state index contributed by atoms with van der Waals surface area (Å²) in [5.74, 6) is -0.274. The van der Waals surface area contributed by atoms with E-state index in [1.54, 1.807) is 31.6 Å². The maximum Gasteiger partial charge on any atom is 0.322 e. The third kappa shape index (κ3) is 4.20. The maximum absolute atomic E-state index is 12.5. The molecule has 11 heteroatoms. The summed E-state index contributed by atoms with van der Waals surface area (Å²) in [6.07, 6.45) is 0. The van der Waals surface area contributed by atoms with Crippen LogP contribution in [0.5, 0.6) is 0 Å². The van der Waals surface area contributed by atoms with Crippen LogP contribution in [0.1, 0.15) is 29.9 Å². The van der Waals surface area contributed by atoms with Crippen molar-refractivity contribution in [1.29, 1.82) is 0 Å². The van der Waals surface area contributed by atoms with Crippen LogP contribution in [0.15, 0.2) is 39.6 Å². The van der Waals surface area contributed by atoms with Gasteiger partial charge in [-0.15, -0.1) is 5.10 Å². The van der Waals surface area contributed by atoms with E-state index >= 15 is 0 Å². The van der Waals surface area contributed by atoms with Crippen molar-refractivity contribution >= 4 is 21.9 Å². The summed E-state index contributed by atoms with van der Waals surface area (Å²) in [6, 6.07) is 7.17. The van der Waals surface area contributed by atoms with E-state index < -0.39 is 15.9 Å². The van der Waals surface area contributed by atoms with Crippen LogP contribution in [-0.4, -0.2) is 51.7 Å². The third-order valence-corrected chi connectivity index (χ3v) is 6.44. The Balaban J connectivity index is 1.74. The Bertz CT molecular complexity index is 1130. The van der Waals surface area contributed by atoms with Crippen LogP contribution in [-0.2, 0) is 17.1 Å². The highest BCUT2D eigenvalue weighted by molar-refractivity contribution is 7.89. The summed E-state index contributed by atoms with van der Waals surface area (Å²) >= 11 is 0. The van der Waals surface area contributed by atoms with Gasteiger partial charge in [-0.3, -0.25) is 14.8 Å². The molecule has 0 atom stereocenters. The predicted molar refractivity (Wildman–Crippen MR) is 106 cm³/mol. The number of aromatic nitrogens is 4. The van der Waals surface area contributed by atoms with Gasteiger partial charge in [0.05, 0.1) is 10.6 Å². The van der Waals surface area contributed by atoms with Crippen LogP contribution in [0.4, 0.5) is 6.01 Å². The fraction of sp³-hybridized carbons (Fsp3) is 0.333. The zero-order chi connectivity index (χ0) is 21.3. The van der Waals surface area contributed by atoms with Gasteiger partial charge < -0.3 is 4.42 Å². The molecule has 29 heavy (non-hydrogen) atoms. The van der Waals surface area contributed by atoms with E-state index in [0.717, 1.165) is 5.69 Å². The molecule has 0 fully saturated rings. The van der Waals surface area contributed by atoms with Crippen LogP contribution < -0.4 is 5.32 Å². The molecule has 0 radical (unpaired) electrons. The molecular formula is C18H22N6O4S. The van der Waals surface area contributed by atoms with E-state index in [0.29, 0.717) is 5.69 Å². The molecule has 0 aliphatic carbocycles. The number of nitrogens with zero attached hydrogens (tertiary/aromatic N) is 5. The summed E-state index contributed by atoms with van der Waals surface area (Å²) in [5.41, 5.74) is 1.68. The van der Waals surface area contributed by atoms with Crippen molar-refractivity contribution in [2.24, 2.45) is 7.05 Å². The highest BCUT2D eigenvalue weighted by atomic mass is 32.2. The molecule has 2 heterocycles. The molecule has 0 saturated carbocycles. The number of aryl methyl sites for hydroxylation is 2. The molecule has 1 N–H and O–H groups in total. The van der Waals surface area contributed by atoms with Gasteiger partial charge in [-0.25, -0.2) is 8.42 Å². The van der Waals surface area contributed by atoms with Crippen molar-refractivity contribution in [3.63, 3.8) is 0 Å². The Kier molecular flexibility index (Phi) is 5.53. The summed E-state index contributed by atoms with van der Waals surface area (Å²) in [6.45, 7) is 5.40. The van der Waals surface area contributed by atoms with E-state index in [1.807, 2.05) is 6.92 Å². The number of amides is 1. The first-order chi connectivity index (χ1) is 13.6. The van der Waals surface area contributed by atoms with Gasteiger partial charge in [0.25, 0.3) is 11.8 Å². The van der Waals surface area contributed by atoms with Crippen LogP contribution in [0.25, 0.3) is 11.6 Å². The van der Waals surface area contributed by atoms with Crippen molar-refractivity contribution in [2.45, 2.75) is 31.7 Å². The predicted octanol–water partition coefficient (Wildman–Crippen LogP) is 2.06. The number of hydrogen-bond acceptors (Lipinski definition) is 7. The average molecular weight is 418 g/mol. The van der Waals surface area contributed by atoms with Crippen LogP contribution >= 0.6 is 0 Å². The lowest BCUT2D eigenvalue weighted by molar-refractivity contribution is 0.102. The highest BCUT2D eigenvalue weighted by Crippen LogP contribution is 2.21. The summed E-state index contributed by atoms with van der Waals surface area (Å²) in [4.78, 5) is 12.5. The van der Waals surface area contributed by atoms with Crippen molar-refractivity contribution in [3.8, 4) is 11.6 Å². The van der Waals surface area contributed by atoms with Gasteiger partial charge in [-0.1, -0.05) is 5.10 Å². The molecular weight excluding hydrogens is 396 g/mol. The quantitative estimate of drug-likeness (QED) is 0.650. The Morgan fingerprint density at radius 2 is 1.86 bits per heavy atom. The van der Waals surface area contributed by atoms with Gasteiger partial charge >= 0.3 is 6.01 Å². The average Bonchev–Trinajstić information content (AvgIpc) is 3.26. The van der Waals surface area contributed by atoms with Crippen molar-refractivity contribution in [1.82, 2.24) is 24.3 Å². The van der Waals surface area contributed by atoms with E-state index in [2.05, 4.69) is 20.6 Å². The second-order valence-electron chi connectivity index (χ2n) is 6.80. The first kappa shape index (κ1) is 20.7. The molecule has 1 aromatic carbocycles. The van der Waals surface area contributed by atoms with Gasteiger partial charge in [-0.2, -0.15) is 9.40 Å². The van der Waals surface area contributed by atoms with Crippen LogP contribution in [0.2, 0.25) is 0 Å². The van der Waals surface area contributed by atoms with Gasteiger partial charge in [0.1, 0.15) is 5.69 Å². The molecule has 0 aliphatic rings. The maximum atomic E-state index is 12.5. The minimum atomic E-state index is -3.62. The normalized spacial score (nSPS) is 12.0. The fourth-order valence-corrected chi connectivity index (χ4v) is 3.95. The van der Waals surface area contributed by atoms with Crippen LogP contribution in [0.3, 0.4) is 0 Å². The molecule has 10 nitrogen and oxygen atoms in total. The van der Waals surface area contributed by atoms with Gasteiger partial charge in [0, 0.05) is 25.7 Å². The zero-order valence-corrected chi connectivity index (χ0v) is 17.6. The zero-order valence-electron chi connectivity index (χ0n) is 16.7. The number of rotatable bonds is 6. The molecule has 0 saturated heterocycles. The molecule has 3 aromatic rings. The van der Waals surface area contributed by atoms with Crippen LogP contribution in [0, 0.1) is 6.92 Å². The topological polar surface area (TPSA) is 123 Å². The number of carbonyl (C=O) groups excluding carboxylic acids is 1. The second-order valence-corrected chi connectivity index (χ2v) is 8.80. The van der Waals surface area contributed by atoms with E-state index in [9.17, 15) is 13.2 Å². The first-order valence-corrected chi connectivity index (χ1v) is 10.3. The standard InChI is InChI=1S/C18H22N6O4S/c1-11(2)24(5)29(26,27)14-8-6-13(7-9-14)16(25)19-18-21-20-17(28-18)15-10-12(3)22-23(15)4/h6-11H,1-5H3,(H,19,21,25). The molecule has 0 bridgehead atoms. The van der Waals surface area contributed by atoms with Gasteiger partial charge in [0.15, 0.2) is 0 Å². The largest absolute Gasteiger partial charge is 0.401 e. The number of carbonyl (C=O) groups is 1. The van der Waals surface area contributed by atoms with Gasteiger partial charge in [-0.05, 0) is 51.1 Å². The Morgan fingerprint density at radius 1 is 1.21 bits per heavy atom. The van der Waals surface area contributed by atoms with E-state index in [-0.39, 0.29) is 28.4 Å². The monoisotopic (exact) mass is 418 g/mol. The molecule has 2 aromatic heterocycles. The number of benzene rings is 1. The number of anilines is 1. The smallest absolute Gasteiger partial charge is 0.322 e. The SMILES string of the molecule is Cc1cc(-c2nnc(NC(=O)c3ccc(S(=O)(=O)N(C)C(C)C)cc3)o2)n(C)n1. The molecule has 0 spiro atoms. The molecule has 0 aliphatic heterocycles. The highest BCUT2D eigenvalue weighted by Gasteiger charge is 2.23. The summed E-state index contributed by atoms with van der Waals surface area (Å²) in [5, 5.41) is 14.4. The molecule has 154 valence electrons. The van der Waals surface area contributed by atoms with Crippen molar-refractivity contribution in [2.75, 3.05) is 12.4 Å². The van der Waals surface area contributed by atoms with E-state index in [4.69, 9.17) is 4.42 Å². The minimum absolute atomic E-state index is 0.0694. The minimum Gasteiger partial charge on any atom is -0.401 e. The lowest BCUT2D eigenvalue weighted by atomic mass is 10.2. The summed E-state index contributed by atoms with van der Waals surface area (Å²) in [7, 11) is -0.358. The molecule has 3 rings (SSSR count). The Hall–Kier alpha value is -3.05. The second kappa shape index (κ2) is 7.76. The molecule has 0 unspecified atom stereocenters. The number of hydrogen-bond donors (Lipinski definition) is 1. The molecule has 1 amide bonds. The van der Waals surface area contributed by atoms with Crippen molar-refractivity contribution < 1.29 is 17.6 Å². The van der Waals surface area contributed by atoms with Crippen molar-refractivity contribution in [3.05, 3.63) is 41.6 Å². The Morgan fingerprint density at radius 3 is 2.41 bits per heavy atom. The number of sulfonamides is 1. The Labute approximate surface area is 168 Å².